The zero-order valence-electron chi connectivity index (χ0n) is 15.2. The second-order valence-corrected chi connectivity index (χ2v) is 8.88. The maximum atomic E-state index is 12.0. The number of nitrogens with zero attached hydrogens (tertiary/aromatic N) is 1. The van der Waals surface area contributed by atoms with Crippen LogP contribution in [0.5, 0.6) is 0 Å². The van der Waals surface area contributed by atoms with Gasteiger partial charge in [0.05, 0.1) is 0 Å². The van der Waals surface area contributed by atoms with Crippen LogP contribution in [0, 0.1) is 0 Å². The van der Waals surface area contributed by atoms with Crippen LogP contribution in [-0.4, -0.2) is 40.3 Å². The lowest BCUT2D eigenvalue weighted by molar-refractivity contribution is 0.538. The normalized spacial score (nSPS) is 14.9. The molecule has 0 aromatic heterocycles. The van der Waals surface area contributed by atoms with Crippen LogP contribution in [-0.2, 0) is 10.8 Å². The Balaban J connectivity index is 0. The molecular weight excluding hydrogens is 409 g/mol. The summed E-state index contributed by atoms with van der Waals surface area (Å²) in [5, 5.41) is 6.65. The number of guanidine groups is 1. The predicted octanol–water partition coefficient (Wildman–Crippen LogP) is 3.68. The molecule has 0 bridgehead atoms. The zero-order valence-corrected chi connectivity index (χ0v) is 18.3. The summed E-state index contributed by atoms with van der Waals surface area (Å²) in [4.78, 5) is 4.23. The molecule has 0 aromatic carbocycles. The fourth-order valence-electron chi connectivity index (χ4n) is 1.95. The number of hydrogen-bond donors (Lipinski definition) is 2. The molecule has 2 N–H and O–H groups in total. The van der Waals surface area contributed by atoms with E-state index in [1.165, 1.54) is 25.7 Å². The monoisotopic (exact) mass is 445 g/mol. The van der Waals surface area contributed by atoms with Gasteiger partial charge in [0.15, 0.2) is 5.96 Å². The molecule has 22 heavy (non-hydrogen) atoms. The summed E-state index contributed by atoms with van der Waals surface area (Å²) in [6.07, 6.45) is 6.31. The fraction of sp³-hybridized carbons (Fsp3) is 0.938. The lowest BCUT2D eigenvalue weighted by atomic mass is 10.1. The van der Waals surface area contributed by atoms with Crippen molar-refractivity contribution in [3.63, 3.8) is 0 Å². The SMILES string of the molecule is CCCCCCC(C)NC(=NC)NCCS(=O)C(C)(C)C.I. The van der Waals surface area contributed by atoms with E-state index in [-0.39, 0.29) is 28.7 Å². The summed E-state index contributed by atoms with van der Waals surface area (Å²) in [5.74, 6) is 1.46. The van der Waals surface area contributed by atoms with Crippen molar-refractivity contribution in [3.05, 3.63) is 0 Å². The van der Waals surface area contributed by atoms with Crippen molar-refractivity contribution in [2.24, 2.45) is 4.99 Å². The molecule has 0 aliphatic rings. The third-order valence-corrected chi connectivity index (χ3v) is 5.30. The first-order chi connectivity index (χ1) is 9.81. The van der Waals surface area contributed by atoms with Crippen LogP contribution in [0.1, 0.15) is 66.7 Å². The van der Waals surface area contributed by atoms with Gasteiger partial charge in [0.2, 0.25) is 0 Å². The summed E-state index contributed by atoms with van der Waals surface area (Å²) in [6, 6.07) is 0.418. The predicted molar refractivity (Wildman–Crippen MR) is 111 cm³/mol. The van der Waals surface area contributed by atoms with Crippen LogP contribution in [0.4, 0.5) is 0 Å². The Morgan fingerprint density at radius 1 is 1.23 bits per heavy atom. The summed E-state index contributed by atoms with van der Waals surface area (Å²) in [7, 11) is 0.957. The average Bonchev–Trinajstić information content (AvgIpc) is 2.41. The van der Waals surface area contributed by atoms with Crippen molar-refractivity contribution >= 4 is 40.7 Å². The summed E-state index contributed by atoms with van der Waals surface area (Å²) < 4.78 is 11.8. The molecule has 2 unspecified atom stereocenters. The molecule has 0 aliphatic heterocycles. The van der Waals surface area contributed by atoms with Crippen molar-refractivity contribution in [3.8, 4) is 0 Å². The molecule has 0 fully saturated rings. The van der Waals surface area contributed by atoms with E-state index in [1.54, 1.807) is 7.05 Å². The minimum absolute atomic E-state index is 0. The molecule has 134 valence electrons. The first-order valence-electron chi connectivity index (χ1n) is 8.17. The highest BCUT2D eigenvalue weighted by Gasteiger charge is 2.18. The number of unbranched alkanes of at least 4 members (excludes halogenated alkanes) is 3. The van der Waals surface area contributed by atoms with Gasteiger partial charge in [0.1, 0.15) is 0 Å². The molecule has 0 heterocycles. The number of aliphatic imine (C=N–C) groups is 1. The Hall–Kier alpha value is 0.150. The Morgan fingerprint density at radius 3 is 2.36 bits per heavy atom. The number of rotatable bonds is 9. The molecule has 0 saturated heterocycles. The van der Waals surface area contributed by atoms with E-state index < -0.39 is 10.8 Å². The van der Waals surface area contributed by atoms with Crippen LogP contribution in [0.3, 0.4) is 0 Å². The fourth-order valence-corrected chi connectivity index (χ4v) is 2.85. The second-order valence-electron chi connectivity index (χ2n) is 6.56. The Morgan fingerprint density at radius 2 is 1.86 bits per heavy atom. The number of nitrogens with one attached hydrogen (secondary N) is 2. The van der Waals surface area contributed by atoms with Gasteiger partial charge in [0, 0.05) is 40.9 Å². The number of hydrogen-bond acceptors (Lipinski definition) is 2. The largest absolute Gasteiger partial charge is 0.355 e. The van der Waals surface area contributed by atoms with E-state index in [0.717, 1.165) is 12.4 Å². The molecule has 0 saturated carbocycles. The summed E-state index contributed by atoms with van der Waals surface area (Å²) in [5.41, 5.74) is 0. The molecule has 6 heteroatoms. The lowest BCUT2D eigenvalue weighted by Gasteiger charge is -2.20. The highest BCUT2D eigenvalue weighted by molar-refractivity contribution is 14.0. The highest BCUT2D eigenvalue weighted by Crippen LogP contribution is 2.10. The third-order valence-electron chi connectivity index (χ3n) is 3.36. The Bertz CT molecular complexity index is 330. The van der Waals surface area contributed by atoms with E-state index >= 15 is 0 Å². The smallest absolute Gasteiger partial charge is 0.191 e. The molecule has 0 aliphatic carbocycles. The minimum Gasteiger partial charge on any atom is -0.355 e. The van der Waals surface area contributed by atoms with Gasteiger partial charge in [-0.05, 0) is 34.1 Å². The molecule has 0 amide bonds. The van der Waals surface area contributed by atoms with Gasteiger partial charge in [-0.1, -0.05) is 32.6 Å². The van der Waals surface area contributed by atoms with E-state index in [9.17, 15) is 4.21 Å². The van der Waals surface area contributed by atoms with E-state index in [2.05, 4.69) is 29.5 Å². The average molecular weight is 445 g/mol. The third kappa shape index (κ3) is 12.7. The molecular formula is C16H36IN3OS. The molecule has 0 radical (unpaired) electrons. The molecule has 0 spiro atoms. The van der Waals surface area contributed by atoms with Crippen LogP contribution in [0.2, 0.25) is 0 Å². The van der Waals surface area contributed by atoms with Gasteiger partial charge in [-0.15, -0.1) is 24.0 Å². The van der Waals surface area contributed by atoms with Crippen molar-refractivity contribution in [1.82, 2.24) is 10.6 Å². The van der Waals surface area contributed by atoms with Gasteiger partial charge < -0.3 is 10.6 Å². The van der Waals surface area contributed by atoms with Crippen molar-refractivity contribution in [1.29, 1.82) is 0 Å². The minimum atomic E-state index is -0.821. The van der Waals surface area contributed by atoms with Crippen LogP contribution >= 0.6 is 24.0 Å². The van der Waals surface area contributed by atoms with Crippen LogP contribution in [0.25, 0.3) is 0 Å². The Labute approximate surface area is 157 Å². The zero-order chi connectivity index (χ0) is 16.3. The second kappa shape index (κ2) is 13.6. The summed E-state index contributed by atoms with van der Waals surface area (Å²) >= 11 is 0. The number of halogens is 1. The molecule has 0 rings (SSSR count). The van der Waals surface area contributed by atoms with Crippen LogP contribution in [0.15, 0.2) is 4.99 Å². The Kier molecular flexibility index (Phi) is 15.1. The van der Waals surface area contributed by atoms with Crippen molar-refractivity contribution in [2.45, 2.75) is 77.5 Å². The van der Waals surface area contributed by atoms with E-state index in [0.29, 0.717) is 18.3 Å². The van der Waals surface area contributed by atoms with E-state index in [1.807, 2.05) is 20.8 Å². The van der Waals surface area contributed by atoms with Gasteiger partial charge in [0.25, 0.3) is 0 Å². The quantitative estimate of drug-likeness (QED) is 0.247. The maximum Gasteiger partial charge on any atom is 0.191 e. The first-order valence-corrected chi connectivity index (χ1v) is 9.48. The van der Waals surface area contributed by atoms with Gasteiger partial charge in [-0.2, -0.15) is 0 Å². The molecule has 4 nitrogen and oxygen atoms in total. The maximum absolute atomic E-state index is 12.0. The van der Waals surface area contributed by atoms with Gasteiger partial charge in [-0.25, -0.2) is 0 Å². The highest BCUT2D eigenvalue weighted by atomic mass is 127. The van der Waals surface area contributed by atoms with Crippen molar-refractivity contribution in [2.75, 3.05) is 19.3 Å². The topological polar surface area (TPSA) is 53.5 Å². The van der Waals surface area contributed by atoms with Crippen LogP contribution < -0.4 is 10.6 Å². The first kappa shape index (κ1) is 24.4. The summed E-state index contributed by atoms with van der Waals surface area (Å²) in [6.45, 7) is 11.1. The lowest BCUT2D eigenvalue weighted by Crippen LogP contribution is -2.44. The molecule has 0 aromatic rings. The van der Waals surface area contributed by atoms with Crippen molar-refractivity contribution < 1.29 is 4.21 Å². The van der Waals surface area contributed by atoms with E-state index in [4.69, 9.17) is 0 Å². The van der Waals surface area contributed by atoms with Gasteiger partial charge in [-0.3, -0.25) is 9.20 Å². The molecule has 2 atom stereocenters. The standard InChI is InChI=1S/C16H35N3OS.HI/c1-7-8-9-10-11-14(2)19-15(17-6)18-12-13-21(20)16(3,4)5;/h14H,7-13H2,1-6H3,(H2,17,18,19);1H. The van der Waals surface area contributed by atoms with Gasteiger partial charge >= 0.3 is 0 Å².